The van der Waals surface area contributed by atoms with Crippen LogP contribution in [0.4, 0.5) is 0 Å². The number of para-hydroxylation sites is 1. The predicted molar refractivity (Wildman–Crippen MR) is 179 cm³/mol. The first-order valence-corrected chi connectivity index (χ1v) is 18.7. The molecule has 45 heavy (non-hydrogen) atoms. The summed E-state index contributed by atoms with van der Waals surface area (Å²) in [6.07, 6.45) is 21.0. The highest BCUT2D eigenvalue weighted by Gasteiger charge is 2.82. The molecule has 1 aromatic carbocycles. The lowest BCUT2D eigenvalue weighted by atomic mass is 9.43. The molecule has 242 valence electrons. The number of fused-ring (bicyclic) bond motifs is 8. The normalized spacial score (nSPS) is 42.8. The minimum atomic E-state index is -0.382. The summed E-state index contributed by atoms with van der Waals surface area (Å²) in [6.45, 7) is 6.26. The summed E-state index contributed by atoms with van der Waals surface area (Å²) in [4.78, 5) is 25.4. The number of carbonyl (C=O) groups excluding carboxylic acids is 1. The molecule has 6 heteroatoms. The number of aliphatic hydroxyl groups is 1. The Labute approximate surface area is 269 Å². The number of rotatable bonds is 2. The molecule has 9 atom stereocenters. The van der Waals surface area contributed by atoms with Gasteiger partial charge in [-0.25, -0.2) is 0 Å². The fraction of sp³-hybridized carbons (Fsp3) is 0.718. The second-order valence-electron chi connectivity index (χ2n) is 16.2. The van der Waals surface area contributed by atoms with Crippen molar-refractivity contribution < 1.29 is 9.90 Å². The van der Waals surface area contributed by atoms with E-state index in [-0.39, 0.29) is 35.1 Å². The number of carbonyl (C=O) groups is 1. The molecule has 0 radical (unpaired) electrons. The topological polar surface area (TPSA) is 62.8 Å². The van der Waals surface area contributed by atoms with Gasteiger partial charge >= 0.3 is 0 Å². The summed E-state index contributed by atoms with van der Waals surface area (Å²) in [5.74, 6) is 0.930. The summed E-state index contributed by atoms with van der Waals surface area (Å²) >= 11 is 0. The maximum atomic E-state index is 13.4. The van der Waals surface area contributed by atoms with Crippen molar-refractivity contribution in [2.45, 2.75) is 133 Å². The number of benzene rings is 1. The number of hydrogen-bond donors (Lipinski definition) is 2. The van der Waals surface area contributed by atoms with Crippen molar-refractivity contribution in [1.29, 1.82) is 0 Å². The van der Waals surface area contributed by atoms with Crippen molar-refractivity contribution in [1.82, 2.24) is 19.7 Å². The van der Waals surface area contributed by atoms with Crippen LogP contribution in [0.3, 0.4) is 0 Å². The van der Waals surface area contributed by atoms with Crippen LogP contribution < -0.4 is 0 Å². The molecule has 2 bridgehead atoms. The standard InChI is InChI=1S/C39H54N4O2/c1-26(44)23-27-24-30-33(35-34-29(18-22-42(27)35)28-15-10-11-16-31(28)40-34)36(45)39-19-12-6-2-3-7-13-20-41(39)25-38(30)32-17-9-5-4-8-14-21-43(32)37(38)39/h2,6,10-11,15-16,27,30,32-33,35-37,40,45H,3-5,7-9,12-14,17-25H2,1H3/b6-2-/t27-,30-,32?,33+,35+,36-,37+,38?,39?/m0/s1. The van der Waals surface area contributed by atoms with Crippen molar-refractivity contribution in [3.8, 4) is 0 Å². The molecule has 4 saturated heterocycles. The first kappa shape index (κ1) is 29.2. The number of aromatic nitrogens is 1. The number of nitrogens with one attached hydrogen (secondary N) is 1. The lowest BCUT2D eigenvalue weighted by Gasteiger charge is -2.74. The zero-order valence-corrected chi connectivity index (χ0v) is 27.4. The van der Waals surface area contributed by atoms with Gasteiger partial charge in [-0.05, 0) is 95.3 Å². The van der Waals surface area contributed by atoms with Crippen LogP contribution in [0.2, 0.25) is 0 Å². The van der Waals surface area contributed by atoms with E-state index >= 15 is 0 Å². The van der Waals surface area contributed by atoms with Crippen LogP contribution in [-0.2, 0) is 11.2 Å². The van der Waals surface area contributed by atoms with E-state index in [0.717, 1.165) is 45.3 Å². The van der Waals surface area contributed by atoms with Crippen LogP contribution in [0, 0.1) is 17.3 Å². The fourth-order valence-electron chi connectivity index (χ4n) is 12.9. The van der Waals surface area contributed by atoms with Gasteiger partial charge in [-0.15, -0.1) is 0 Å². The molecule has 2 N–H and O–H groups in total. The molecular weight excluding hydrogens is 556 g/mol. The Morgan fingerprint density at radius 2 is 1.80 bits per heavy atom. The molecule has 1 aromatic heterocycles. The van der Waals surface area contributed by atoms with Crippen LogP contribution in [0.5, 0.6) is 0 Å². The third kappa shape index (κ3) is 4.04. The maximum absolute atomic E-state index is 13.4. The van der Waals surface area contributed by atoms with Gasteiger partial charge in [0.25, 0.3) is 0 Å². The van der Waals surface area contributed by atoms with E-state index < -0.39 is 0 Å². The Kier molecular flexibility index (Phi) is 7.15. The van der Waals surface area contributed by atoms with E-state index in [2.05, 4.69) is 56.1 Å². The summed E-state index contributed by atoms with van der Waals surface area (Å²) in [5.41, 5.74) is 4.06. The van der Waals surface area contributed by atoms with Gasteiger partial charge < -0.3 is 10.1 Å². The largest absolute Gasteiger partial charge is 0.391 e. The number of hydrogen-bond acceptors (Lipinski definition) is 5. The van der Waals surface area contributed by atoms with E-state index in [4.69, 9.17) is 0 Å². The summed E-state index contributed by atoms with van der Waals surface area (Å²) < 4.78 is 0. The van der Waals surface area contributed by atoms with Crippen molar-refractivity contribution >= 4 is 16.7 Å². The molecule has 6 nitrogen and oxygen atoms in total. The molecule has 2 aromatic rings. The molecule has 1 saturated carbocycles. The van der Waals surface area contributed by atoms with Crippen molar-refractivity contribution in [2.75, 3.05) is 26.2 Å². The number of ketones is 1. The van der Waals surface area contributed by atoms with E-state index in [9.17, 15) is 9.90 Å². The van der Waals surface area contributed by atoms with Crippen LogP contribution >= 0.6 is 0 Å². The lowest BCUT2D eigenvalue weighted by molar-refractivity contribution is -0.265. The Bertz CT molecular complexity index is 1480. The third-order valence-corrected chi connectivity index (χ3v) is 14.2. The third-order valence-electron chi connectivity index (χ3n) is 14.2. The Balaban J connectivity index is 1.24. The van der Waals surface area contributed by atoms with Crippen LogP contribution in [0.25, 0.3) is 10.9 Å². The average Bonchev–Trinajstić information content (AvgIpc) is 3.53. The molecule has 1 spiro atoms. The summed E-state index contributed by atoms with van der Waals surface area (Å²) in [6, 6.07) is 10.3. The number of nitrogens with zero attached hydrogens (tertiary/aromatic N) is 3. The monoisotopic (exact) mass is 610 g/mol. The highest BCUT2D eigenvalue weighted by Crippen LogP contribution is 2.72. The van der Waals surface area contributed by atoms with E-state index in [1.54, 1.807) is 6.92 Å². The number of H-pyrrole nitrogens is 1. The maximum Gasteiger partial charge on any atom is 0.131 e. The molecule has 3 unspecified atom stereocenters. The van der Waals surface area contributed by atoms with Crippen molar-refractivity contribution in [3.05, 3.63) is 47.7 Å². The molecular formula is C39H54N4O2. The van der Waals surface area contributed by atoms with Crippen LogP contribution in [0.1, 0.15) is 108 Å². The fourth-order valence-corrected chi connectivity index (χ4v) is 12.9. The van der Waals surface area contributed by atoms with E-state index in [1.807, 2.05) is 0 Å². The predicted octanol–water partition coefficient (Wildman–Crippen LogP) is 6.39. The van der Waals surface area contributed by atoms with Gasteiger partial charge in [0.2, 0.25) is 0 Å². The van der Waals surface area contributed by atoms with E-state index in [1.165, 1.54) is 86.5 Å². The molecule has 9 rings (SSSR count). The molecule has 7 aliphatic rings. The number of piperidine rings is 1. The van der Waals surface area contributed by atoms with Crippen molar-refractivity contribution in [2.24, 2.45) is 17.3 Å². The van der Waals surface area contributed by atoms with E-state index in [0.29, 0.717) is 30.2 Å². The molecule has 0 amide bonds. The van der Waals surface area contributed by atoms with Gasteiger partial charge in [-0.2, -0.15) is 0 Å². The molecule has 6 aliphatic heterocycles. The minimum absolute atomic E-state index is 0.144. The van der Waals surface area contributed by atoms with Gasteiger partial charge in [-0.1, -0.05) is 56.0 Å². The smallest absolute Gasteiger partial charge is 0.131 e. The quantitative estimate of drug-likeness (QED) is 0.386. The first-order chi connectivity index (χ1) is 22.1. The molecule has 5 fully saturated rings. The highest BCUT2D eigenvalue weighted by atomic mass is 16.3. The van der Waals surface area contributed by atoms with Crippen molar-refractivity contribution in [3.63, 3.8) is 0 Å². The highest BCUT2D eigenvalue weighted by molar-refractivity contribution is 5.85. The lowest BCUT2D eigenvalue weighted by Crippen LogP contribution is -2.85. The van der Waals surface area contributed by atoms with Gasteiger partial charge in [-0.3, -0.25) is 19.5 Å². The summed E-state index contributed by atoms with van der Waals surface area (Å²) in [5, 5.41) is 14.7. The van der Waals surface area contributed by atoms with Gasteiger partial charge in [0.1, 0.15) is 5.78 Å². The average molecular weight is 611 g/mol. The Morgan fingerprint density at radius 3 is 2.71 bits per heavy atom. The second kappa shape index (κ2) is 11.0. The zero-order valence-electron chi connectivity index (χ0n) is 27.4. The SMILES string of the molecule is CC(=O)C[C@H]1C[C@H]2[C@H]([C@@H]3c4[nH]c5ccccc5c4CCN13)[C@H](O)C13CC/C=C\CCCCN1CC21C2CCCCCCCN2[C@H]13. The number of Topliss-reactive ketones (excluding diaryl/α,β-unsaturated/α-hetero) is 1. The molecule has 7 heterocycles. The minimum Gasteiger partial charge on any atom is -0.391 e. The van der Waals surface area contributed by atoms with Gasteiger partial charge in [0.15, 0.2) is 0 Å². The first-order valence-electron chi connectivity index (χ1n) is 18.7. The Hall–Kier alpha value is -1.99. The zero-order chi connectivity index (χ0) is 30.3. The number of aliphatic hydroxyl groups excluding tert-OH is 1. The van der Waals surface area contributed by atoms with Crippen LogP contribution in [-0.4, -0.2) is 86.5 Å². The van der Waals surface area contributed by atoms with Crippen LogP contribution in [0.15, 0.2) is 36.4 Å². The second-order valence-corrected chi connectivity index (χ2v) is 16.2. The number of aromatic amines is 1. The van der Waals surface area contributed by atoms with Gasteiger partial charge in [0, 0.05) is 65.6 Å². The Morgan fingerprint density at radius 1 is 0.978 bits per heavy atom. The number of allylic oxidation sites excluding steroid dienone is 2. The summed E-state index contributed by atoms with van der Waals surface area (Å²) in [7, 11) is 0. The van der Waals surface area contributed by atoms with Gasteiger partial charge in [0.05, 0.1) is 17.7 Å². The molecule has 1 aliphatic carbocycles.